The summed E-state index contributed by atoms with van der Waals surface area (Å²) in [6.45, 7) is 0.436. The fraction of sp³-hybridized carbons (Fsp3) is 0.818. The van der Waals surface area contributed by atoms with Gasteiger partial charge in [-0.05, 0) is 18.8 Å². The van der Waals surface area contributed by atoms with Crippen molar-refractivity contribution in [3.05, 3.63) is 0 Å². The highest BCUT2D eigenvalue weighted by Crippen LogP contribution is 2.21. The van der Waals surface area contributed by atoms with E-state index in [-0.39, 0.29) is 12.3 Å². The predicted octanol–water partition coefficient (Wildman–Crippen LogP) is 1.84. The summed E-state index contributed by atoms with van der Waals surface area (Å²) in [4.78, 5) is 23.4. The van der Waals surface area contributed by atoms with Gasteiger partial charge in [-0.15, -0.1) is 0 Å². The smallest absolute Gasteiger partial charge is 0.390 e. The summed E-state index contributed by atoms with van der Waals surface area (Å²) in [7, 11) is 0. The highest BCUT2D eigenvalue weighted by Gasteiger charge is 2.29. The third-order valence-corrected chi connectivity index (χ3v) is 3.02. The van der Waals surface area contributed by atoms with E-state index in [4.69, 9.17) is 5.11 Å². The molecule has 0 aliphatic carbocycles. The van der Waals surface area contributed by atoms with E-state index in [0.717, 1.165) is 0 Å². The van der Waals surface area contributed by atoms with Crippen LogP contribution in [0.3, 0.4) is 0 Å². The molecule has 1 unspecified atom stereocenters. The second-order valence-electron chi connectivity index (χ2n) is 4.63. The molecule has 1 atom stereocenters. The first-order chi connectivity index (χ1) is 8.78. The van der Waals surface area contributed by atoms with Crippen LogP contribution in [0.15, 0.2) is 0 Å². The van der Waals surface area contributed by atoms with Crippen LogP contribution < -0.4 is 5.32 Å². The lowest BCUT2D eigenvalue weighted by Crippen LogP contribution is -2.39. The van der Waals surface area contributed by atoms with Crippen LogP contribution in [-0.2, 0) is 4.79 Å². The number of halogens is 3. The molecule has 1 heterocycles. The average Bonchev–Trinajstić information content (AvgIpc) is 2.73. The number of carbonyl (C=O) groups excluding carboxylic acids is 1. The van der Waals surface area contributed by atoms with Gasteiger partial charge in [-0.3, -0.25) is 4.79 Å². The van der Waals surface area contributed by atoms with Crippen LogP contribution in [0, 0.1) is 5.92 Å². The fourth-order valence-electron chi connectivity index (χ4n) is 2.00. The Kier molecular flexibility index (Phi) is 5.44. The topological polar surface area (TPSA) is 69.6 Å². The highest BCUT2D eigenvalue weighted by atomic mass is 19.4. The molecular formula is C11H17F3N2O3. The van der Waals surface area contributed by atoms with E-state index in [2.05, 4.69) is 5.32 Å². The summed E-state index contributed by atoms with van der Waals surface area (Å²) >= 11 is 0. The number of carboxylic acids is 1. The standard InChI is InChI=1S/C11H17F3N2O3/c12-11(13,14)4-5-15-10(19)16-6-3-8(7-16)1-2-9(17)18/h8H,1-7H2,(H,15,19)(H,17,18). The first kappa shape index (κ1) is 15.6. The van der Waals surface area contributed by atoms with E-state index in [0.29, 0.717) is 25.9 Å². The van der Waals surface area contributed by atoms with Gasteiger partial charge in [-0.2, -0.15) is 13.2 Å². The lowest BCUT2D eigenvalue weighted by atomic mass is 10.0. The van der Waals surface area contributed by atoms with Gasteiger partial charge < -0.3 is 15.3 Å². The molecule has 0 aromatic heterocycles. The molecule has 110 valence electrons. The second kappa shape index (κ2) is 6.63. The molecule has 1 aliphatic heterocycles. The zero-order chi connectivity index (χ0) is 14.5. The van der Waals surface area contributed by atoms with Crippen molar-refractivity contribution in [3.8, 4) is 0 Å². The first-order valence-electron chi connectivity index (χ1n) is 6.09. The van der Waals surface area contributed by atoms with E-state index in [9.17, 15) is 22.8 Å². The molecule has 5 nitrogen and oxygen atoms in total. The Bertz CT molecular complexity index is 334. The van der Waals surface area contributed by atoms with E-state index in [1.807, 2.05) is 0 Å². The highest BCUT2D eigenvalue weighted by molar-refractivity contribution is 5.74. The molecule has 2 amide bonds. The van der Waals surface area contributed by atoms with Gasteiger partial charge in [0.05, 0.1) is 6.42 Å². The monoisotopic (exact) mass is 282 g/mol. The Hall–Kier alpha value is -1.47. The lowest BCUT2D eigenvalue weighted by molar-refractivity contribution is -0.137. The van der Waals surface area contributed by atoms with Gasteiger partial charge in [0, 0.05) is 26.1 Å². The van der Waals surface area contributed by atoms with Crippen molar-refractivity contribution in [1.29, 1.82) is 0 Å². The molecule has 19 heavy (non-hydrogen) atoms. The van der Waals surface area contributed by atoms with Gasteiger partial charge in [-0.1, -0.05) is 0 Å². The van der Waals surface area contributed by atoms with Crippen molar-refractivity contribution in [3.63, 3.8) is 0 Å². The number of amides is 2. The summed E-state index contributed by atoms with van der Waals surface area (Å²) in [6.07, 6.45) is -4.09. The van der Waals surface area contributed by atoms with Gasteiger partial charge in [0.25, 0.3) is 0 Å². The number of rotatable bonds is 5. The Morgan fingerprint density at radius 3 is 2.63 bits per heavy atom. The van der Waals surface area contributed by atoms with Crippen LogP contribution in [-0.4, -0.2) is 47.8 Å². The van der Waals surface area contributed by atoms with Crippen molar-refractivity contribution >= 4 is 12.0 Å². The molecule has 1 saturated heterocycles. The average molecular weight is 282 g/mol. The van der Waals surface area contributed by atoms with Crippen LogP contribution in [0.25, 0.3) is 0 Å². The number of hydrogen-bond donors (Lipinski definition) is 2. The van der Waals surface area contributed by atoms with Crippen molar-refractivity contribution in [2.45, 2.75) is 31.9 Å². The maximum atomic E-state index is 11.9. The van der Waals surface area contributed by atoms with Gasteiger partial charge >= 0.3 is 18.2 Å². The van der Waals surface area contributed by atoms with E-state index < -0.39 is 31.1 Å². The Morgan fingerprint density at radius 1 is 1.37 bits per heavy atom. The van der Waals surface area contributed by atoms with Gasteiger partial charge in [0.2, 0.25) is 0 Å². The lowest BCUT2D eigenvalue weighted by Gasteiger charge is -2.17. The number of likely N-dealkylation sites (tertiary alicyclic amines) is 1. The molecule has 2 N–H and O–H groups in total. The van der Waals surface area contributed by atoms with Crippen molar-refractivity contribution in [2.24, 2.45) is 5.92 Å². The molecule has 0 aromatic rings. The Labute approximate surface area is 108 Å². The maximum absolute atomic E-state index is 11.9. The van der Waals surface area contributed by atoms with Crippen molar-refractivity contribution in [1.82, 2.24) is 10.2 Å². The molecule has 8 heteroatoms. The predicted molar refractivity (Wildman–Crippen MR) is 60.6 cm³/mol. The summed E-state index contributed by atoms with van der Waals surface area (Å²) in [5.74, 6) is -0.766. The first-order valence-corrected chi connectivity index (χ1v) is 6.09. The normalized spacial score (nSPS) is 19.5. The van der Waals surface area contributed by atoms with Crippen molar-refractivity contribution < 1.29 is 27.9 Å². The van der Waals surface area contributed by atoms with Crippen LogP contribution in [0.4, 0.5) is 18.0 Å². The number of hydrogen-bond acceptors (Lipinski definition) is 2. The molecule has 0 aromatic carbocycles. The third-order valence-electron chi connectivity index (χ3n) is 3.02. The van der Waals surface area contributed by atoms with Crippen LogP contribution in [0.2, 0.25) is 0 Å². The number of aliphatic carboxylic acids is 1. The molecular weight excluding hydrogens is 265 g/mol. The van der Waals surface area contributed by atoms with E-state index in [1.54, 1.807) is 0 Å². The number of nitrogens with zero attached hydrogens (tertiary/aromatic N) is 1. The van der Waals surface area contributed by atoms with Gasteiger partial charge in [-0.25, -0.2) is 4.79 Å². The SMILES string of the molecule is O=C(O)CCC1CCN(C(=O)NCCC(F)(F)F)C1. The zero-order valence-corrected chi connectivity index (χ0v) is 10.4. The molecule has 1 rings (SSSR count). The summed E-state index contributed by atoms with van der Waals surface area (Å²) in [5, 5.41) is 10.8. The summed E-state index contributed by atoms with van der Waals surface area (Å²) in [6, 6.07) is -0.512. The Morgan fingerprint density at radius 2 is 2.05 bits per heavy atom. The molecule has 0 bridgehead atoms. The van der Waals surface area contributed by atoms with Gasteiger partial charge in [0.1, 0.15) is 0 Å². The van der Waals surface area contributed by atoms with Crippen LogP contribution in [0.1, 0.15) is 25.7 Å². The largest absolute Gasteiger partial charge is 0.481 e. The molecule has 0 spiro atoms. The van der Waals surface area contributed by atoms with E-state index >= 15 is 0 Å². The minimum absolute atomic E-state index is 0.0498. The minimum atomic E-state index is -4.28. The molecule has 0 saturated carbocycles. The van der Waals surface area contributed by atoms with E-state index in [1.165, 1.54) is 4.90 Å². The zero-order valence-electron chi connectivity index (χ0n) is 10.4. The number of carbonyl (C=O) groups is 2. The second-order valence-corrected chi connectivity index (χ2v) is 4.63. The molecule has 1 fully saturated rings. The number of alkyl halides is 3. The fourth-order valence-corrected chi connectivity index (χ4v) is 2.00. The third kappa shape index (κ3) is 6.30. The molecule has 1 aliphatic rings. The molecule has 0 radical (unpaired) electrons. The quantitative estimate of drug-likeness (QED) is 0.808. The number of carboxylic acid groups (broad SMARTS) is 1. The number of nitrogens with one attached hydrogen (secondary N) is 1. The summed E-state index contributed by atoms with van der Waals surface area (Å²) in [5.41, 5.74) is 0. The number of urea groups is 1. The van der Waals surface area contributed by atoms with Gasteiger partial charge in [0.15, 0.2) is 0 Å². The maximum Gasteiger partial charge on any atom is 0.390 e. The summed E-state index contributed by atoms with van der Waals surface area (Å²) < 4.78 is 35.7. The van der Waals surface area contributed by atoms with Crippen molar-refractivity contribution in [2.75, 3.05) is 19.6 Å². The van der Waals surface area contributed by atoms with Crippen LogP contribution >= 0.6 is 0 Å². The van der Waals surface area contributed by atoms with Crippen LogP contribution in [0.5, 0.6) is 0 Å². The minimum Gasteiger partial charge on any atom is -0.481 e. The Balaban J connectivity index is 2.22.